The molecule has 0 aliphatic rings. The van der Waals surface area contributed by atoms with Gasteiger partial charge in [-0.3, -0.25) is 9.48 Å². The number of hydrogen-bond donors (Lipinski definition) is 2. The highest BCUT2D eigenvalue weighted by Crippen LogP contribution is 2.11. The normalized spacial score (nSPS) is 11.2. The lowest BCUT2D eigenvalue weighted by Gasteiger charge is -2.19. The number of nitrogens with zero attached hydrogens (tertiary/aromatic N) is 2. The lowest BCUT2D eigenvalue weighted by atomic mass is 10.2. The minimum absolute atomic E-state index is 0.0149. The van der Waals surface area contributed by atoms with Gasteiger partial charge >= 0.3 is 11.9 Å². The summed E-state index contributed by atoms with van der Waals surface area (Å²) < 4.78 is 6.21. The van der Waals surface area contributed by atoms with E-state index >= 15 is 0 Å². The first-order chi connectivity index (χ1) is 7.69. The number of carboxylic acid groups (broad SMARTS) is 1. The minimum atomic E-state index is -1.23. The number of esters is 1. The quantitative estimate of drug-likeness (QED) is 0.746. The molecule has 0 aliphatic carbocycles. The Hall–Kier alpha value is -2.05. The molecule has 0 amide bonds. The predicted molar refractivity (Wildman–Crippen MR) is 59.4 cm³/mol. The highest BCUT2D eigenvalue weighted by atomic mass is 16.6. The van der Waals surface area contributed by atoms with Crippen molar-refractivity contribution in [3.63, 3.8) is 0 Å². The maximum atomic E-state index is 11.4. The molecule has 0 bridgehead atoms. The molecule has 0 aliphatic heterocycles. The van der Waals surface area contributed by atoms with Gasteiger partial charge in [-0.1, -0.05) is 0 Å². The van der Waals surface area contributed by atoms with Gasteiger partial charge in [0.1, 0.15) is 12.1 Å². The molecule has 0 aromatic carbocycles. The summed E-state index contributed by atoms with van der Waals surface area (Å²) in [6.07, 6.45) is 1.29. The van der Waals surface area contributed by atoms with Crippen molar-refractivity contribution in [1.29, 1.82) is 0 Å². The molecule has 1 aromatic rings. The molecule has 1 heterocycles. The van der Waals surface area contributed by atoms with Gasteiger partial charge in [-0.05, 0) is 20.8 Å². The molecule has 0 unspecified atom stereocenters. The predicted octanol–water partition coefficient (Wildman–Crippen LogP) is 0.505. The van der Waals surface area contributed by atoms with E-state index in [4.69, 9.17) is 15.6 Å². The molecular weight excluding hydrogens is 226 g/mol. The van der Waals surface area contributed by atoms with E-state index in [0.717, 1.165) is 4.68 Å². The van der Waals surface area contributed by atoms with Gasteiger partial charge < -0.3 is 15.6 Å². The molecule has 0 atom stereocenters. The standard InChI is InChI=1S/C10H15N3O4/c1-10(2,3)17-7(14)5-13-4-6(11)8(12-13)9(15)16/h4H,5,11H2,1-3H3,(H,15,16). The van der Waals surface area contributed by atoms with Crippen LogP contribution in [0.25, 0.3) is 0 Å². The number of anilines is 1. The van der Waals surface area contributed by atoms with Gasteiger partial charge in [-0.2, -0.15) is 5.10 Å². The van der Waals surface area contributed by atoms with E-state index in [9.17, 15) is 9.59 Å². The molecule has 1 rings (SSSR count). The average molecular weight is 241 g/mol. The fraction of sp³-hybridized carbons (Fsp3) is 0.500. The first-order valence-electron chi connectivity index (χ1n) is 4.97. The molecular formula is C10H15N3O4. The number of nitrogen functional groups attached to an aromatic ring is 1. The van der Waals surface area contributed by atoms with Crippen molar-refractivity contribution in [2.75, 3.05) is 5.73 Å². The Morgan fingerprint density at radius 2 is 2.12 bits per heavy atom. The fourth-order valence-corrected chi connectivity index (χ4v) is 1.19. The van der Waals surface area contributed by atoms with Gasteiger partial charge in [-0.15, -0.1) is 0 Å². The summed E-state index contributed by atoms with van der Waals surface area (Å²) in [6, 6.07) is 0. The SMILES string of the molecule is CC(C)(C)OC(=O)Cn1cc(N)c(C(=O)O)n1. The summed E-state index contributed by atoms with van der Waals surface area (Å²) in [5, 5.41) is 12.4. The number of carbonyl (C=O) groups is 2. The number of rotatable bonds is 3. The van der Waals surface area contributed by atoms with Crippen LogP contribution < -0.4 is 5.73 Å². The minimum Gasteiger partial charge on any atom is -0.476 e. The summed E-state index contributed by atoms with van der Waals surface area (Å²) in [4.78, 5) is 22.1. The van der Waals surface area contributed by atoms with Gasteiger partial charge in [0.05, 0.1) is 5.69 Å². The Labute approximate surface area is 98.2 Å². The van der Waals surface area contributed by atoms with Gasteiger partial charge in [0, 0.05) is 6.20 Å². The zero-order chi connectivity index (χ0) is 13.2. The van der Waals surface area contributed by atoms with Crippen LogP contribution in [0.4, 0.5) is 5.69 Å². The van der Waals surface area contributed by atoms with E-state index < -0.39 is 17.5 Å². The van der Waals surface area contributed by atoms with Crippen LogP contribution in [0.3, 0.4) is 0 Å². The number of aromatic nitrogens is 2. The third-order valence-electron chi connectivity index (χ3n) is 1.70. The van der Waals surface area contributed by atoms with Crippen LogP contribution in [-0.4, -0.2) is 32.4 Å². The third kappa shape index (κ3) is 3.78. The van der Waals surface area contributed by atoms with Crippen LogP contribution in [-0.2, 0) is 16.1 Å². The second kappa shape index (κ2) is 4.44. The summed E-state index contributed by atoms with van der Waals surface area (Å²) in [6.45, 7) is 5.05. The van der Waals surface area contributed by atoms with Gasteiger partial charge in [0.25, 0.3) is 0 Å². The molecule has 7 nitrogen and oxygen atoms in total. The summed E-state index contributed by atoms with van der Waals surface area (Å²) >= 11 is 0. The maximum absolute atomic E-state index is 11.4. The molecule has 3 N–H and O–H groups in total. The van der Waals surface area contributed by atoms with Crippen LogP contribution in [0.1, 0.15) is 31.3 Å². The molecule has 1 aromatic heterocycles. The Morgan fingerprint density at radius 3 is 2.53 bits per heavy atom. The first kappa shape index (κ1) is 13.0. The van der Waals surface area contributed by atoms with Crippen LogP contribution in [0.15, 0.2) is 6.20 Å². The molecule has 0 saturated carbocycles. The van der Waals surface area contributed by atoms with E-state index in [1.165, 1.54) is 6.20 Å². The van der Waals surface area contributed by atoms with E-state index in [1.54, 1.807) is 20.8 Å². The lowest BCUT2D eigenvalue weighted by Crippen LogP contribution is -2.26. The number of aromatic carboxylic acids is 1. The molecule has 17 heavy (non-hydrogen) atoms. The highest BCUT2D eigenvalue weighted by Gasteiger charge is 2.19. The van der Waals surface area contributed by atoms with Crippen molar-refractivity contribution < 1.29 is 19.4 Å². The number of ether oxygens (including phenoxy) is 1. The van der Waals surface area contributed by atoms with Gasteiger partial charge in [-0.25, -0.2) is 4.79 Å². The van der Waals surface area contributed by atoms with E-state index in [2.05, 4.69) is 5.10 Å². The molecule has 0 radical (unpaired) electrons. The van der Waals surface area contributed by atoms with Crippen molar-refractivity contribution >= 4 is 17.6 Å². The van der Waals surface area contributed by atoms with Crippen molar-refractivity contribution in [3.8, 4) is 0 Å². The van der Waals surface area contributed by atoms with Crippen LogP contribution in [0.5, 0.6) is 0 Å². The van der Waals surface area contributed by atoms with Crippen molar-refractivity contribution in [2.45, 2.75) is 32.9 Å². The van der Waals surface area contributed by atoms with Gasteiger partial charge in [0.2, 0.25) is 0 Å². The second-order valence-electron chi connectivity index (χ2n) is 4.52. The molecule has 0 saturated heterocycles. The Bertz CT molecular complexity index is 445. The van der Waals surface area contributed by atoms with Crippen LogP contribution >= 0.6 is 0 Å². The maximum Gasteiger partial charge on any atom is 0.358 e. The number of carboxylic acids is 1. The highest BCUT2D eigenvalue weighted by molar-refractivity contribution is 5.91. The molecule has 0 spiro atoms. The molecule has 7 heteroatoms. The van der Waals surface area contributed by atoms with Crippen molar-refractivity contribution in [3.05, 3.63) is 11.9 Å². The second-order valence-corrected chi connectivity index (χ2v) is 4.52. The smallest absolute Gasteiger partial charge is 0.358 e. The third-order valence-corrected chi connectivity index (χ3v) is 1.70. The number of hydrogen-bond acceptors (Lipinski definition) is 5. The zero-order valence-electron chi connectivity index (χ0n) is 9.93. The first-order valence-corrected chi connectivity index (χ1v) is 4.97. The van der Waals surface area contributed by atoms with E-state index in [1.807, 2.05) is 0 Å². The molecule has 0 fully saturated rings. The number of nitrogens with two attached hydrogens (primary N) is 1. The topological polar surface area (TPSA) is 107 Å². The largest absolute Gasteiger partial charge is 0.476 e. The van der Waals surface area contributed by atoms with E-state index in [-0.39, 0.29) is 17.9 Å². The lowest BCUT2D eigenvalue weighted by molar-refractivity contribution is -0.155. The van der Waals surface area contributed by atoms with Crippen LogP contribution in [0.2, 0.25) is 0 Å². The Balaban J connectivity index is 2.73. The zero-order valence-corrected chi connectivity index (χ0v) is 9.93. The van der Waals surface area contributed by atoms with Gasteiger partial charge in [0.15, 0.2) is 5.69 Å². The van der Waals surface area contributed by atoms with Crippen LogP contribution in [0, 0.1) is 0 Å². The Kier molecular flexibility index (Phi) is 3.40. The monoisotopic (exact) mass is 241 g/mol. The average Bonchev–Trinajstić information content (AvgIpc) is 2.42. The summed E-state index contributed by atoms with van der Waals surface area (Å²) in [5.41, 5.74) is 4.58. The van der Waals surface area contributed by atoms with E-state index in [0.29, 0.717) is 0 Å². The van der Waals surface area contributed by atoms with Crippen molar-refractivity contribution in [2.24, 2.45) is 0 Å². The number of carbonyl (C=O) groups excluding carboxylic acids is 1. The summed E-state index contributed by atoms with van der Waals surface area (Å²) in [7, 11) is 0. The van der Waals surface area contributed by atoms with Crippen molar-refractivity contribution in [1.82, 2.24) is 9.78 Å². The fourth-order valence-electron chi connectivity index (χ4n) is 1.19. The summed E-state index contributed by atoms with van der Waals surface area (Å²) in [5.74, 6) is -1.73. The Morgan fingerprint density at radius 1 is 1.53 bits per heavy atom. The molecule has 94 valence electrons.